The van der Waals surface area contributed by atoms with Crippen molar-refractivity contribution < 1.29 is 9.47 Å². The maximum atomic E-state index is 5.87. The Morgan fingerprint density at radius 3 is 2.83 bits per heavy atom. The van der Waals surface area contributed by atoms with E-state index in [1.54, 1.807) is 0 Å². The van der Waals surface area contributed by atoms with Crippen LogP contribution in [0.25, 0.3) is 0 Å². The summed E-state index contributed by atoms with van der Waals surface area (Å²) in [4.78, 5) is 4.71. The third-order valence-corrected chi connectivity index (χ3v) is 5.17. The Bertz CT molecular complexity index is 557. The van der Waals surface area contributed by atoms with E-state index < -0.39 is 0 Å². The molecular weight excluding hydrogens is 288 g/mol. The second-order valence-electron chi connectivity index (χ2n) is 7.16. The topological polar surface area (TPSA) is 42.9 Å². The summed E-state index contributed by atoms with van der Waals surface area (Å²) in [6.07, 6.45) is 7.43. The van der Waals surface area contributed by atoms with Crippen LogP contribution in [0.15, 0.2) is 29.3 Å². The molecule has 124 valence electrons. The lowest BCUT2D eigenvalue weighted by molar-refractivity contribution is 0.275. The van der Waals surface area contributed by atoms with Crippen molar-refractivity contribution in [2.24, 2.45) is 10.9 Å². The van der Waals surface area contributed by atoms with E-state index in [1.165, 1.54) is 45.2 Å². The van der Waals surface area contributed by atoms with Gasteiger partial charge >= 0.3 is 0 Å². The lowest BCUT2D eigenvalue weighted by Gasteiger charge is -2.22. The van der Waals surface area contributed by atoms with E-state index in [-0.39, 0.29) is 5.54 Å². The maximum absolute atomic E-state index is 5.87. The van der Waals surface area contributed by atoms with Gasteiger partial charge in [0.15, 0.2) is 0 Å². The molecule has 2 fully saturated rings. The molecule has 0 amide bonds. The highest BCUT2D eigenvalue weighted by Crippen LogP contribution is 2.43. The quantitative estimate of drug-likeness (QED) is 0.820. The van der Waals surface area contributed by atoms with Crippen molar-refractivity contribution in [3.05, 3.63) is 29.8 Å². The van der Waals surface area contributed by atoms with Crippen LogP contribution in [-0.2, 0) is 4.74 Å². The van der Waals surface area contributed by atoms with Crippen LogP contribution in [0.5, 0.6) is 5.75 Å². The molecule has 3 aliphatic rings. The number of ether oxygens (including phenoxy) is 2. The standard InChI is InChI=1S/C19H26N2O2/c1-3-15(13-20-11-1)4-2-12-22-17-7-5-16(6-8-17)18-21-19(9-10-19)14-23-18/h5-8,15,20H,1-4,9-14H2. The van der Waals surface area contributed by atoms with Crippen LogP contribution >= 0.6 is 0 Å². The van der Waals surface area contributed by atoms with Gasteiger partial charge in [-0.3, -0.25) is 0 Å². The lowest BCUT2D eigenvalue weighted by atomic mass is 9.95. The highest BCUT2D eigenvalue weighted by molar-refractivity contribution is 5.95. The molecule has 1 aliphatic carbocycles. The molecule has 1 N–H and O–H groups in total. The van der Waals surface area contributed by atoms with Crippen molar-refractivity contribution in [1.82, 2.24) is 5.32 Å². The van der Waals surface area contributed by atoms with Crippen LogP contribution in [-0.4, -0.2) is 37.7 Å². The first-order chi connectivity index (χ1) is 11.3. The first-order valence-corrected chi connectivity index (χ1v) is 9.00. The minimum Gasteiger partial charge on any atom is -0.494 e. The summed E-state index contributed by atoms with van der Waals surface area (Å²) in [7, 11) is 0. The van der Waals surface area contributed by atoms with Crippen molar-refractivity contribution in [3.63, 3.8) is 0 Å². The molecule has 1 atom stereocenters. The fourth-order valence-electron chi connectivity index (χ4n) is 3.46. The van der Waals surface area contributed by atoms with Crippen LogP contribution < -0.4 is 10.1 Å². The number of piperidine rings is 1. The molecule has 23 heavy (non-hydrogen) atoms. The summed E-state index contributed by atoms with van der Waals surface area (Å²) in [5.41, 5.74) is 1.20. The van der Waals surface area contributed by atoms with Crippen LogP contribution in [0.4, 0.5) is 0 Å². The monoisotopic (exact) mass is 314 g/mol. The average Bonchev–Trinajstić information content (AvgIpc) is 3.23. The van der Waals surface area contributed by atoms with Crippen molar-refractivity contribution in [2.45, 2.75) is 44.1 Å². The number of hydrogen-bond acceptors (Lipinski definition) is 4. The number of nitrogens with one attached hydrogen (secondary N) is 1. The normalized spacial score (nSPS) is 25.0. The van der Waals surface area contributed by atoms with E-state index in [0.717, 1.165) is 42.8 Å². The number of aliphatic imine (C=N–C) groups is 1. The highest BCUT2D eigenvalue weighted by Gasteiger charge is 2.47. The summed E-state index contributed by atoms with van der Waals surface area (Å²) in [5, 5.41) is 3.47. The zero-order valence-corrected chi connectivity index (χ0v) is 13.7. The molecular formula is C19H26N2O2. The van der Waals surface area contributed by atoms with Gasteiger partial charge in [0.1, 0.15) is 12.4 Å². The third kappa shape index (κ3) is 3.69. The van der Waals surface area contributed by atoms with Gasteiger partial charge in [-0.05, 0) is 81.8 Å². The lowest BCUT2D eigenvalue weighted by Crippen LogP contribution is -2.29. The van der Waals surface area contributed by atoms with Crippen LogP contribution in [0.2, 0.25) is 0 Å². The van der Waals surface area contributed by atoms with E-state index in [0.29, 0.717) is 0 Å². The average molecular weight is 314 g/mol. The molecule has 1 aromatic carbocycles. The van der Waals surface area contributed by atoms with Crippen LogP contribution in [0, 0.1) is 5.92 Å². The smallest absolute Gasteiger partial charge is 0.216 e. The first kappa shape index (κ1) is 15.0. The zero-order valence-electron chi connectivity index (χ0n) is 13.7. The first-order valence-electron chi connectivity index (χ1n) is 9.00. The van der Waals surface area contributed by atoms with Gasteiger partial charge in [0.05, 0.1) is 12.1 Å². The van der Waals surface area contributed by atoms with Crippen molar-refractivity contribution in [3.8, 4) is 5.75 Å². The summed E-state index contributed by atoms with van der Waals surface area (Å²) < 4.78 is 11.6. The Labute approximate surface area is 138 Å². The van der Waals surface area contributed by atoms with E-state index in [4.69, 9.17) is 14.5 Å². The zero-order chi connectivity index (χ0) is 15.5. The molecule has 4 nitrogen and oxygen atoms in total. The number of hydrogen-bond donors (Lipinski definition) is 1. The molecule has 1 unspecified atom stereocenters. The van der Waals surface area contributed by atoms with Crippen LogP contribution in [0.3, 0.4) is 0 Å². The molecule has 0 aromatic heterocycles. The molecule has 0 bridgehead atoms. The Hall–Kier alpha value is -1.55. The number of rotatable bonds is 6. The minimum atomic E-state index is 0.137. The number of benzene rings is 1. The van der Waals surface area contributed by atoms with Gasteiger partial charge in [0.25, 0.3) is 0 Å². The predicted molar refractivity (Wildman–Crippen MR) is 91.2 cm³/mol. The molecule has 1 saturated heterocycles. The van der Waals surface area contributed by atoms with Gasteiger partial charge in [-0.25, -0.2) is 4.99 Å². The Morgan fingerprint density at radius 1 is 1.26 bits per heavy atom. The summed E-state index contributed by atoms with van der Waals surface area (Å²) in [6, 6.07) is 8.17. The van der Waals surface area contributed by atoms with E-state index >= 15 is 0 Å². The second kappa shape index (κ2) is 6.52. The molecule has 4 heteroatoms. The molecule has 4 rings (SSSR count). The van der Waals surface area contributed by atoms with Crippen LogP contribution in [0.1, 0.15) is 44.1 Å². The summed E-state index contributed by atoms with van der Waals surface area (Å²) in [5.74, 6) is 2.58. The molecule has 2 aliphatic heterocycles. The molecule has 1 aromatic rings. The van der Waals surface area contributed by atoms with Crippen molar-refractivity contribution in [1.29, 1.82) is 0 Å². The SMILES string of the molecule is c1cc(C2=NC3(CC3)CO2)ccc1OCCCC1CCCNC1. The van der Waals surface area contributed by atoms with E-state index in [1.807, 2.05) is 12.1 Å². The molecule has 1 saturated carbocycles. The Kier molecular flexibility index (Phi) is 4.25. The number of nitrogens with zero attached hydrogens (tertiary/aromatic N) is 1. The molecule has 1 spiro atoms. The molecule has 2 heterocycles. The summed E-state index contributed by atoms with van der Waals surface area (Å²) in [6.45, 7) is 3.93. The van der Waals surface area contributed by atoms with Gasteiger partial charge in [-0.15, -0.1) is 0 Å². The van der Waals surface area contributed by atoms with Gasteiger partial charge in [-0.2, -0.15) is 0 Å². The van der Waals surface area contributed by atoms with Crippen molar-refractivity contribution in [2.75, 3.05) is 26.3 Å². The fraction of sp³-hybridized carbons (Fsp3) is 0.632. The minimum absolute atomic E-state index is 0.137. The van der Waals surface area contributed by atoms with Crippen molar-refractivity contribution >= 4 is 5.90 Å². The Balaban J connectivity index is 1.22. The largest absolute Gasteiger partial charge is 0.494 e. The van der Waals surface area contributed by atoms with E-state index in [9.17, 15) is 0 Å². The fourth-order valence-corrected chi connectivity index (χ4v) is 3.46. The Morgan fingerprint density at radius 2 is 2.13 bits per heavy atom. The van der Waals surface area contributed by atoms with Gasteiger partial charge in [0, 0.05) is 5.56 Å². The predicted octanol–water partition coefficient (Wildman–Crippen LogP) is 3.15. The summed E-state index contributed by atoms with van der Waals surface area (Å²) >= 11 is 0. The molecule has 0 radical (unpaired) electrons. The highest BCUT2D eigenvalue weighted by atomic mass is 16.5. The maximum Gasteiger partial charge on any atom is 0.216 e. The van der Waals surface area contributed by atoms with E-state index in [2.05, 4.69) is 17.4 Å². The van der Waals surface area contributed by atoms with Gasteiger partial charge < -0.3 is 14.8 Å². The third-order valence-electron chi connectivity index (χ3n) is 5.17. The van der Waals surface area contributed by atoms with Gasteiger partial charge in [-0.1, -0.05) is 0 Å². The second-order valence-corrected chi connectivity index (χ2v) is 7.16. The van der Waals surface area contributed by atoms with Gasteiger partial charge in [0.2, 0.25) is 5.90 Å².